The molecule has 1 fully saturated rings. The second kappa shape index (κ2) is 8.54. The number of ether oxygens (including phenoxy) is 2. The molecule has 0 aromatic carbocycles. The molecule has 0 N–H and O–H groups in total. The molecule has 22 heavy (non-hydrogen) atoms. The molecule has 0 aromatic heterocycles. The summed E-state index contributed by atoms with van der Waals surface area (Å²) in [7, 11) is 2.86. The molecule has 0 spiro atoms. The molecule has 0 amide bonds. The maximum atomic E-state index is 12.2. The number of hydrogen-bond donors (Lipinski definition) is 0. The van der Waals surface area contributed by atoms with E-state index in [4.69, 9.17) is 9.47 Å². The van der Waals surface area contributed by atoms with Gasteiger partial charge in [-0.05, 0) is 37.0 Å². The smallest absolute Gasteiger partial charge is 0.308 e. The van der Waals surface area contributed by atoms with Crippen LogP contribution in [0.25, 0.3) is 0 Å². The number of esters is 2. The van der Waals surface area contributed by atoms with Gasteiger partial charge in [0, 0.05) is 0 Å². The van der Waals surface area contributed by atoms with Crippen molar-refractivity contribution in [3.63, 3.8) is 0 Å². The molecule has 2 unspecified atom stereocenters. The second-order valence-electron chi connectivity index (χ2n) is 7.75. The molecule has 4 nitrogen and oxygen atoms in total. The van der Waals surface area contributed by atoms with Gasteiger partial charge >= 0.3 is 11.9 Å². The lowest BCUT2D eigenvalue weighted by atomic mass is 9.73. The molecule has 1 saturated carbocycles. The van der Waals surface area contributed by atoms with E-state index < -0.39 is 0 Å². The van der Waals surface area contributed by atoms with Crippen molar-refractivity contribution in [2.24, 2.45) is 23.2 Å². The van der Waals surface area contributed by atoms with Crippen molar-refractivity contribution in [3.05, 3.63) is 0 Å². The highest BCUT2D eigenvalue weighted by Gasteiger charge is 2.36. The Bertz CT molecular complexity index is 364. The van der Waals surface area contributed by atoms with Crippen LogP contribution < -0.4 is 0 Å². The monoisotopic (exact) mass is 312 g/mol. The first kappa shape index (κ1) is 19.0. The van der Waals surface area contributed by atoms with E-state index in [1.165, 1.54) is 33.5 Å². The molecular weight excluding hydrogens is 280 g/mol. The van der Waals surface area contributed by atoms with Crippen LogP contribution in [0.5, 0.6) is 0 Å². The van der Waals surface area contributed by atoms with Crippen LogP contribution in [0.2, 0.25) is 0 Å². The second-order valence-corrected chi connectivity index (χ2v) is 7.75. The summed E-state index contributed by atoms with van der Waals surface area (Å²) in [5, 5.41) is 0. The minimum Gasteiger partial charge on any atom is -0.469 e. The van der Waals surface area contributed by atoms with Crippen molar-refractivity contribution in [1.29, 1.82) is 0 Å². The molecule has 0 radical (unpaired) electrons. The first-order valence-electron chi connectivity index (χ1n) is 8.44. The predicted octanol–water partition coefficient (Wildman–Crippen LogP) is 3.97. The fourth-order valence-electron chi connectivity index (χ4n) is 3.64. The first-order chi connectivity index (χ1) is 10.3. The maximum absolute atomic E-state index is 12.2. The molecule has 0 bridgehead atoms. The molecule has 1 rings (SSSR count). The van der Waals surface area contributed by atoms with E-state index in [2.05, 4.69) is 20.8 Å². The van der Waals surface area contributed by atoms with Gasteiger partial charge in [0.05, 0.1) is 26.1 Å². The molecular formula is C18H32O4. The van der Waals surface area contributed by atoms with E-state index in [1.54, 1.807) is 0 Å². The summed E-state index contributed by atoms with van der Waals surface area (Å²) < 4.78 is 9.99. The SMILES string of the molecule is COC(=O)C(CC(C(=O)OC)C1CCCCC1)CC(C)(C)C. The molecule has 0 aliphatic heterocycles. The molecule has 0 heterocycles. The Kier molecular flexibility index (Phi) is 7.37. The van der Waals surface area contributed by atoms with E-state index in [9.17, 15) is 9.59 Å². The van der Waals surface area contributed by atoms with Crippen LogP contribution >= 0.6 is 0 Å². The van der Waals surface area contributed by atoms with Gasteiger partial charge in [-0.25, -0.2) is 0 Å². The molecule has 2 atom stereocenters. The zero-order valence-electron chi connectivity index (χ0n) is 14.8. The van der Waals surface area contributed by atoms with Gasteiger partial charge in [-0.1, -0.05) is 40.0 Å². The van der Waals surface area contributed by atoms with Gasteiger partial charge in [0.1, 0.15) is 0 Å². The number of hydrogen-bond acceptors (Lipinski definition) is 4. The normalized spacial score (nSPS) is 19.3. The zero-order chi connectivity index (χ0) is 16.8. The quantitative estimate of drug-likeness (QED) is 0.696. The average Bonchev–Trinajstić information content (AvgIpc) is 2.49. The molecule has 1 aliphatic carbocycles. The number of methoxy groups -OCH3 is 2. The highest BCUT2D eigenvalue weighted by Crippen LogP contribution is 2.37. The van der Waals surface area contributed by atoms with Crippen LogP contribution in [0.4, 0.5) is 0 Å². The van der Waals surface area contributed by atoms with Gasteiger partial charge in [0.25, 0.3) is 0 Å². The Balaban J connectivity index is 2.86. The lowest BCUT2D eigenvalue weighted by Gasteiger charge is -2.32. The Morgan fingerprint density at radius 2 is 1.55 bits per heavy atom. The van der Waals surface area contributed by atoms with Crippen molar-refractivity contribution in [2.75, 3.05) is 14.2 Å². The summed E-state index contributed by atoms with van der Waals surface area (Å²) in [5.74, 6) is -0.463. The average molecular weight is 312 g/mol. The summed E-state index contributed by atoms with van der Waals surface area (Å²) >= 11 is 0. The fraction of sp³-hybridized carbons (Fsp3) is 0.889. The first-order valence-corrected chi connectivity index (χ1v) is 8.44. The number of rotatable bonds is 6. The van der Waals surface area contributed by atoms with Crippen LogP contribution in [-0.4, -0.2) is 26.2 Å². The number of carbonyl (C=O) groups is 2. The summed E-state index contributed by atoms with van der Waals surface area (Å²) in [5.41, 5.74) is 0.0199. The Morgan fingerprint density at radius 1 is 1.00 bits per heavy atom. The number of carbonyl (C=O) groups excluding carboxylic acids is 2. The third-order valence-corrected chi connectivity index (χ3v) is 4.65. The lowest BCUT2D eigenvalue weighted by Crippen LogP contribution is -2.33. The highest BCUT2D eigenvalue weighted by atomic mass is 16.5. The molecule has 0 aromatic rings. The predicted molar refractivity (Wildman–Crippen MR) is 86.3 cm³/mol. The van der Waals surface area contributed by atoms with Crippen LogP contribution in [0.1, 0.15) is 65.7 Å². The van der Waals surface area contributed by atoms with Gasteiger partial charge < -0.3 is 9.47 Å². The van der Waals surface area contributed by atoms with E-state index in [1.807, 2.05) is 0 Å². The third-order valence-electron chi connectivity index (χ3n) is 4.65. The van der Waals surface area contributed by atoms with Crippen molar-refractivity contribution in [2.45, 2.75) is 65.7 Å². The zero-order valence-corrected chi connectivity index (χ0v) is 14.8. The summed E-state index contributed by atoms with van der Waals surface area (Å²) in [6, 6.07) is 0. The van der Waals surface area contributed by atoms with Crippen molar-refractivity contribution >= 4 is 11.9 Å². The van der Waals surface area contributed by atoms with Crippen LogP contribution in [-0.2, 0) is 19.1 Å². The van der Waals surface area contributed by atoms with Crippen molar-refractivity contribution in [1.82, 2.24) is 0 Å². The standard InChI is InChI=1S/C18H32O4/c1-18(2,3)12-14(16(19)21-4)11-15(17(20)22-5)13-9-7-6-8-10-13/h13-15H,6-12H2,1-5H3. The van der Waals surface area contributed by atoms with Gasteiger partial charge in [-0.2, -0.15) is 0 Å². The molecule has 128 valence electrons. The third kappa shape index (κ3) is 5.98. The van der Waals surface area contributed by atoms with Crippen molar-refractivity contribution < 1.29 is 19.1 Å². The van der Waals surface area contributed by atoms with Gasteiger partial charge in [0.2, 0.25) is 0 Å². The summed E-state index contributed by atoms with van der Waals surface area (Å²) in [6.07, 6.45) is 6.96. The van der Waals surface area contributed by atoms with Crippen LogP contribution in [0, 0.1) is 23.2 Å². The lowest BCUT2D eigenvalue weighted by molar-refractivity contribution is -0.152. The maximum Gasteiger partial charge on any atom is 0.308 e. The fourth-order valence-corrected chi connectivity index (χ4v) is 3.64. The van der Waals surface area contributed by atoms with Crippen LogP contribution in [0.3, 0.4) is 0 Å². The van der Waals surface area contributed by atoms with Crippen LogP contribution in [0.15, 0.2) is 0 Å². The summed E-state index contributed by atoms with van der Waals surface area (Å²) in [6.45, 7) is 6.32. The Labute approximate surface area is 134 Å². The minimum absolute atomic E-state index is 0.0199. The summed E-state index contributed by atoms with van der Waals surface area (Å²) in [4.78, 5) is 24.4. The topological polar surface area (TPSA) is 52.6 Å². The van der Waals surface area contributed by atoms with E-state index in [-0.39, 0.29) is 29.2 Å². The van der Waals surface area contributed by atoms with E-state index in [0.29, 0.717) is 12.3 Å². The molecule has 4 heteroatoms. The van der Waals surface area contributed by atoms with E-state index >= 15 is 0 Å². The van der Waals surface area contributed by atoms with E-state index in [0.717, 1.165) is 19.3 Å². The highest BCUT2D eigenvalue weighted by molar-refractivity contribution is 5.76. The van der Waals surface area contributed by atoms with Gasteiger partial charge in [-0.15, -0.1) is 0 Å². The minimum atomic E-state index is -0.240. The Morgan fingerprint density at radius 3 is 2.00 bits per heavy atom. The van der Waals surface area contributed by atoms with Crippen molar-refractivity contribution in [3.8, 4) is 0 Å². The van der Waals surface area contributed by atoms with Gasteiger partial charge in [-0.3, -0.25) is 9.59 Å². The Hall–Kier alpha value is -1.06. The largest absolute Gasteiger partial charge is 0.469 e. The van der Waals surface area contributed by atoms with Gasteiger partial charge in [0.15, 0.2) is 0 Å². The molecule has 1 aliphatic rings. The molecule has 0 saturated heterocycles.